The van der Waals surface area contributed by atoms with Crippen molar-refractivity contribution in [1.82, 2.24) is 4.57 Å². The number of aromatic nitrogens is 1. The number of para-hydroxylation sites is 1. The van der Waals surface area contributed by atoms with E-state index in [0.29, 0.717) is 5.56 Å². The molecule has 0 aliphatic heterocycles. The second kappa shape index (κ2) is 4.37. The Hall–Kier alpha value is -2.17. The normalized spacial score (nSPS) is 10.3. The van der Waals surface area contributed by atoms with Crippen LogP contribution in [0.5, 0.6) is 0 Å². The Morgan fingerprint density at radius 1 is 1.24 bits per heavy atom. The van der Waals surface area contributed by atoms with Crippen molar-refractivity contribution in [2.75, 3.05) is 5.32 Å². The molecule has 0 saturated heterocycles. The number of nitrogens with one attached hydrogen (secondary N) is 1. The quantitative estimate of drug-likeness (QED) is 0.854. The SMILES string of the molecule is Cn1ccc(C(=O)Nc2c(F)cccc2F)c1. The van der Waals surface area contributed by atoms with E-state index in [1.54, 1.807) is 30.1 Å². The lowest BCUT2D eigenvalue weighted by atomic mass is 10.2. The molecule has 1 heterocycles. The van der Waals surface area contributed by atoms with Gasteiger partial charge in [-0.2, -0.15) is 0 Å². The number of hydrogen-bond donors (Lipinski definition) is 1. The van der Waals surface area contributed by atoms with Crippen LogP contribution >= 0.6 is 0 Å². The number of anilines is 1. The van der Waals surface area contributed by atoms with Crippen molar-refractivity contribution < 1.29 is 13.6 Å². The number of aryl methyl sites for hydroxylation is 1. The number of benzene rings is 1. The largest absolute Gasteiger partial charge is 0.356 e. The van der Waals surface area contributed by atoms with Gasteiger partial charge in [0.25, 0.3) is 5.91 Å². The van der Waals surface area contributed by atoms with Crippen molar-refractivity contribution in [3.05, 3.63) is 53.9 Å². The Morgan fingerprint density at radius 2 is 1.88 bits per heavy atom. The summed E-state index contributed by atoms with van der Waals surface area (Å²) in [6.07, 6.45) is 3.24. The third-order valence-electron chi connectivity index (χ3n) is 2.30. The minimum Gasteiger partial charge on any atom is -0.356 e. The third-order valence-corrected chi connectivity index (χ3v) is 2.30. The second-order valence-electron chi connectivity index (χ2n) is 3.62. The molecule has 5 heteroatoms. The van der Waals surface area contributed by atoms with Gasteiger partial charge in [-0.1, -0.05) is 6.07 Å². The first-order valence-electron chi connectivity index (χ1n) is 4.95. The summed E-state index contributed by atoms with van der Waals surface area (Å²) in [5.41, 5.74) is -0.0866. The highest BCUT2D eigenvalue weighted by Crippen LogP contribution is 2.18. The average molecular weight is 236 g/mol. The predicted molar refractivity (Wildman–Crippen MR) is 59.7 cm³/mol. The van der Waals surface area contributed by atoms with Gasteiger partial charge < -0.3 is 9.88 Å². The molecule has 1 amide bonds. The van der Waals surface area contributed by atoms with Gasteiger partial charge in [0.05, 0.1) is 5.56 Å². The first kappa shape index (κ1) is 11.3. The zero-order valence-corrected chi connectivity index (χ0v) is 9.08. The fourth-order valence-electron chi connectivity index (χ4n) is 1.44. The lowest BCUT2D eigenvalue weighted by molar-refractivity contribution is 0.102. The topological polar surface area (TPSA) is 34.0 Å². The van der Waals surface area contributed by atoms with Crippen LogP contribution in [0, 0.1) is 11.6 Å². The highest BCUT2D eigenvalue weighted by atomic mass is 19.1. The minimum atomic E-state index is -0.797. The highest BCUT2D eigenvalue weighted by Gasteiger charge is 2.13. The van der Waals surface area contributed by atoms with Gasteiger partial charge in [-0.25, -0.2) is 8.78 Å². The zero-order valence-electron chi connectivity index (χ0n) is 9.08. The molecule has 0 fully saturated rings. The van der Waals surface area contributed by atoms with Crippen LogP contribution in [0.4, 0.5) is 14.5 Å². The smallest absolute Gasteiger partial charge is 0.257 e. The number of carbonyl (C=O) groups excluding carboxylic acids is 1. The van der Waals surface area contributed by atoms with Gasteiger partial charge in [-0.3, -0.25) is 4.79 Å². The van der Waals surface area contributed by atoms with E-state index in [1.165, 1.54) is 6.07 Å². The van der Waals surface area contributed by atoms with Gasteiger partial charge in [0.15, 0.2) is 0 Å². The number of amides is 1. The van der Waals surface area contributed by atoms with Crippen molar-refractivity contribution in [2.45, 2.75) is 0 Å². The van der Waals surface area contributed by atoms with E-state index in [4.69, 9.17) is 0 Å². The van der Waals surface area contributed by atoms with Gasteiger partial charge in [-0.05, 0) is 18.2 Å². The monoisotopic (exact) mass is 236 g/mol. The summed E-state index contributed by atoms with van der Waals surface area (Å²) in [5.74, 6) is -2.14. The highest BCUT2D eigenvalue weighted by molar-refractivity contribution is 6.04. The van der Waals surface area contributed by atoms with Crippen molar-refractivity contribution in [2.24, 2.45) is 7.05 Å². The lowest BCUT2D eigenvalue weighted by Crippen LogP contribution is -2.13. The van der Waals surface area contributed by atoms with Crippen molar-refractivity contribution in [3.8, 4) is 0 Å². The molecule has 1 aromatic carbocycles. The Morgan fingerprint density at radius 3 is 2.41 bits per heavy atom. The molecule has 0 aliphatic carbocycles. The minimum absolute atomic E-state index is 0.343. The number of hydrogen-bond acceptors (Lipinski definition) is 1. The molecular formula is C12H10F2N2O. The molecule has 88 valence electrons. The van der Waals surface area contributed by atoms with Crippen LogP contribution in [0.2, 0.25) is 0 Å². The van der Waals surface area contributed by atoms with E-state index >= 15 is 0 Å². The van der Waals surface area contributed by atoms with Crippen LogP contribution in [0.1, 0.15) is 10.4 Å². The molecule has 2 rings (SSSR count). The van der Waals surface area contributed by atoms with E-state index in [0.717, 1.165) is 12.1 Å². The van der Waals surface area contributed by atoms with Crippen molar-refractivity contribution >= 4 is 11.6 Å². The van der Waals surface area contributed by atoms with E-state index < -0.39 is 23.2 Å². The molecule has 3 nitrogen and oxygen atoms in total. The van der Waals surface area contributed by atoms with E-state index in [-0.39, 0.29) is 0 Å². The summed E-state index contributed by atoms with van der Waals surface area (Å²) in [4.78, 5) is 11.7. The number of halogens is 2. The summed E-state index contributed by atoms with van der Waals surface area (Å²) >= 11 is 0. The molecule has 0 bridgehead atoms. The summed E-state index contributed by atoms with van der Waals surface area (Å²) < 4.78 is 28.2. The molecule has 1 aromatic heterocycles. The third kappa shape index (κ3) is 2.33. The number of carbonyl (C=O) groups is 1. The molecule has 0 saturated carbocycles. The van der Waals surface area contributed by atoms with Crippen LogP contribution in [0.3, 0.4) is 0 Å². The molecule has 0 aliphatic rings. The summed E-state index contributed by atoms with van der Waals surface area (Å²) in [6, 6.07) is 4.98. The predicted octanol–water partition coefficient (Wildman–Crippen LogP) is 2.56. The van der Waals surface area contributed by atoms with Gasteiger partial charge in [0.2, 0.25) is 0 Å². The Balaban J connectivity index is 2.24. The van der Waals surface area contributed by atoms with Gasteiger partial charge in [0.1, 0.15) is 17.3 Å². The van der Waals surface area contributed by atoms with Gasteiger partial charge in [-0.15, -0.1) is 0 Å². The average Bonchev–Trinajstić information content (AvgIpc) is 2.70. The van der Waals surface area contributed by atoms with Crippen LogP contribution in [-0.4, -0.2) is 10.5 Å². The molecule has 0 unspecified atom stereocenters. The van der Waals surface area contributed by atoms with Crippen LogP contribution in [0.25, 0.3) is 0 Å². The molecular weight excluding hydrogens is 226 g/mol. The maximum Gasteiger partial charge on any atom is 0.257 e. The van der Waals surface area contributed by atoms with Crippen molar-refractivity contribution in [1.29, 1.82) is 0 Å². The van der Waals surface area contributed by atoms with Crippen LogP contribution in [-0.2, 0) is 7.05 Å². The Bertz CT molecular complexity index is 543. The Kier molecular flexibility index (Phi) is 2.91. The molecule has 17 heavy (non-hydrogen) atoms. The summed E-state index contributed by atoms with van der Waals surface area (Å²) in [6.45, 7) is 0. The van der Waals surface area contributed by atoms with Crippen LogP contribution in [0.15, 0.2) is 36.7 Å². The van der Waals surface area contributed by atoms with Gasteiger partial charge in [0, 0.05) is 19.4 Å². The summed E-state index contributed by atoms with van der Waals surface area (Å²) in [5, 5.41) is 2.21. The van der Waals surface area contributed by atoms with E-state index in [9.17, 15) is 13.6 Å². The van der Waals surface area contributed by atoms with Gasteiger partial charge >= 0.3 is 0 Å². The Labute approximate surface area is 96.7 Å². The molecule has 2 aromatic rings. The number of nitrogens with zero attached hydrogens (tertiary/aromatic N) is 1. The maximum absolute atomic E-state index is 13.3. The second-order valence-corrected chi connectivity index (χ2v) is 3.62. The van der Waals surface area contributed by atoms with Crippen LogP contribution < -0.4 is 5.32 Å². The first-order valence-corrected chi connectivity index (χ1v) is 4.95. The zero-order chi connectivity index (χ0) is 12.4. The summed E-state index contributed by atoms with van der Waals surface area (Å²) in [7, 11) is 1.75. The maximum atomic E-state index is 13.3. The van der Waals surface area contributed by atoms with E-state index in [1.807, 2.05) is 0 Å². The first-order chi connectivity index (χ1) is 8.08. The fourth-order valence-corrected chi connectivity index (χ4v) is 1.44. The molecule has 0 spiro atoms. The lowest BCUT2D eigenvalue weighted by Gasteiger charge is -2.05. The number of rotatable bonds is 2. The molecule has 1 N–H and O–H groups in total. The molecule has 0 radical (unpaired) electrons. The van der Waals surface area contributed by atoms with Crippen molar-refractivity contribution in [3.63, 3.8) is 0 Å². The molecule has 0 atom stereocenters. The van der Waals surface area contributed by atoms with E-state index in [2.05, 4.69) is 5.32 Å². The fraction of sp³-hybridized carbons (Fsp3) is 0.0833. The standard InChI is InChI=1S/C12H10F2N2O/c1-16-6-5-8(7-16)12(17)15-11-9(13)3-2-4-10(11)14/h2-7H,1H3,(H,15,17).